The number of carbonyl (C=O) groups excluding carboxylic acids is 1. The van der Waals surface area contributed by atoms with E-state index in [1.807, 2.05) is 0 Å². The van der Waals surface area contributed by atoms with E-state index in [4.69, 9.17) is 16.9 Å². The molecule has 0 spiro atoms. The first-order valence-electron chi connectivity index (χ1n) is 5.16. The van der Waals surface area contributed by atoms with Crippen molar-refractivity contribution in [1.29, 1.82) is 0 Å². The van der Waals surface area contributed by atoms with Gasteiger partial charge in [0.25, 0.3) is 5.91 Å². The summed E-state index contributed by atoms with van der Waals surface area (Å²) in [7, 11) is 1.49. The van der Waals surface area contributed by atoms with Gasteiger partial charge in [-0.15, -0.1) is 6.42 Å². The van der Waals surface area contributed by atoms with E-state index in [1.54, 1.807) is 24.3 Å². The van der Waals surface area contributed by atoms with Crippen LogP contribution in [0.4, 0.5) is 0 Å². The molecule has 0 fully saturated rings. The number of rotatable bonds is 3. The summed E-state index contributed by atoms with van der Waals surface area (Å²) in [6.45, 7) is 0. The van der Waals surface area contributed by atoms with Gasteiger partial charge in [-0.1, -0.05) is 12.0 Å². The molecular formula is C13H11N3O2. The number of amides is 1. The molecule has 90 valence electrons. The monoisotopic (exact) mass is 241 g/mol. The number of nitrogens with two attached hydrogens (primary N) is 1. The molecule has 18 heavy (non-hydrogen) atoms. The number of benzene rings is 1. The number of terminal acetylenes is 1. The van der Waals surface area contributed by atoms with E-state index in [2.05, 4.69) is 11.0 Å². The summed E-state index contributed by atoms with van der Waals surface area (Å²) in [6.07, 6.45) is 5.34. The van der Waals surface area contributed by atoms with Gasteiger partial charge in [-0.25, -0.2) is 4.68 Å². The smallest absolute Gasteiger partial charge is 0.269 e. The number of nitrogens with zero attached hydrogens (tertiary/aromatic N) is 2. The Morgan fingerprint density at radius 1 is 1.50 bits per heavy atom. The molecule has 0 unspecified atom stereocenters. The van der Waals surface area contributed by atoms with Crippen molar-refractivity contribution >= 4 is 5.91 Å². The maximum absolute atomic E-state index is 11.1. The summed E-state index contributed by atoms with van der Waals surface area (Å²) in [5, 5.41) is 4.07. The largest absolute Gasteiger partial charge is 0.481 e. The molecule has 2 aromatic rings. The van der Waals surface area contributed by atoms with Gasteiger partial charge in [-0.2, -0.15) is 5.10 Å². The molecule has 1 aromatic carbocycles. The van der Waals surface area contributed by atoms with Crippen molar-refractivity contribution in [1.82, 2.24) is 9.78 Å². The van der Waals surface area contributed by atoms with Gasteiger partial charge in [0.15, 0.2) is 5.69 Å². The molecule has 0 aliphatic carbocycles. The minimum Gasteiger partial charge on any atom is -0.481 e. The third-order valence-corrected chi connectivity index (χ3v) is 2.40. The summed E-state index contributed by atoms with van der Waals surface area (Å²) in [5.41, 5.74) is 6.74. The van der Waals surface area contributed by atoms with Crippen LogP contribution < -0.4 is 10.5 Å². The van der Waals surface area contributed by atoms with Crippen molar-refractivity contribution < 1.29 is 9.53 Å². The highest BCUT2D eigenvalue weighted by Gasteiger charge is 2.13. The Kier molecular flexibility index (Phi) is 3.02. The van der Waals surface area contributed by atoms with Gasteiger partial charge in [0, 0.05) is 11.6 Å². The first-order chi connectivity index (χ1) is 8.65. The number of methoxy groups -OCH3 is 1. The lowest BCUT2D eigenvalue weighted by atomic mass is 10.2. The van der Waals surface area contributed by atoms with E-state index in [9.17, 15) is 4.79 Å². The van der Waals surface area contributed by atoms with Crippen molar-refractivity contribution in [3.8, 4) is 23.9 Å². The molecule has 2 N–H and O–H groups in total. The van der Waals surface area contributed by atoms with Gasteiger partial charge in [-0.3, -0.25) is 4.79 Å². The Morgan fingerprint density at radius 3 is 2.89 bits per heavy atom. The SMILES string of the molecule is C#Cc1cccc(-n2nc(C(N)=O)cc2OC)c1. The second-order valence-electron chi connectivity index (χ2n) is 3.54. The van der Waals surface area contributed by atoms with Crippen molar-refractivity contribution in [2.24, 2.45) is 5.73 Å². The van der Waals surface area contributed by atoms with Gasteiger partial charge < -0.3 is 10.5 Å². The Balaban J connectivity index is 2.55. The summed E-state index contributed by atoms with van der Waals surface area (Å²) in [5.74, 6) is 2.33. The van der Waals surface area contributed by atoms with Crippen LogP contribution in [0.5, 0.6) is 5.88 Å². The molecule has 0 saturated carbocycles. The molecule has 1 heterocycles. The van der Waals surface area contributed by atoms with E-state index in [0.29, 0.717) is 17.1 Å². The average molecular weight is 241 g/mol. The van der Waals surface area contributed by atoms with Crippen LogP contribution in [0.1, 0.15) is 16.1 Å². The van der Waals surface area contributed by atoms with Crippen molar-refractivity contribution in [3.05, 3.63) is 41.6 Å². The number of aromatic nitrogens is 2. The van der Waals surface area contributed by atoms with Crippen LogP contribution >= 0.6 is 0 Å². The van der Waals surface area contributed by atoms with Crippen LogP contribution in [-0.4, -0.2) is 22.8 Å². The minimum atomic E-state index is -0.611. The standard InChI is InChI=1S/C13H11N3O2/c1-3-9-5-4-6-10(7-9)16-12(18-2)8-11(15-16)13(14)17/h1,4-8H,2H3,(H2,14,17). The Morgan fingerprint density at radius 2 is 2.28 bits per heavy atom. The summed E-state index contributed by atoms with van der Waals surface area (Å²) in [6, 6.07) is 8.65. The highest BCUT2D eigenvalue weighted by atomic mass is 16.5. The molecule has 0 radical (unpaired) electrons. The molecule has 0 bridgehead atoms. The predicted molar refractivity (Wildman–Crippen MR) is 66.6 cm³/mol. The maximum Gasteiger partial charge on any atom is 0.269 e. The number of carbonyl (C=O) groups is 1. The molecule has 0 atom stereocenters. The van der Waals surface area contributed by atoms with Crippen LogP contribution in [0.15, 0.2) is 30.3 Å². The zero-order valence-electron chi connectivity index (χ0n) is 9.75. The predicted octanol–water partition coefficient (Wildman–Crippen LogP) is 0.961. The van der Waals surface area contributed by atoms with Gasteiger partial charge in [0.1, 0.15) is 0 Å². The van der Waals surface area contributed by atoms with Crippen LogP contribution in [0, 0.1) is 12.3 Å². The quantitative estimate of drug-likeness (QED) is 0.814. The van der Waals surface area contributed by atoms with E-state index in [-0.39, 0.29) is 5.69 Å². The van der Waals surface area contributed by atoms with Crippen LogP contribution in [0.25, 0.3) is 5.69 Å². The van der Waals surface area contributed by atoms with Crippen LogP contribution in [-0.2, 0) is 0 Å². The first kappa shape index (κ1) is 11.7. The molecule has 5 nitrogen and oxygen atoms in total. The molecule has 1 aromatic heterocycles. The summed E-state index contributed by atoms with van der Waals surface area (Å²) < 4.78 is 6.62. The number of hydrogen-bond acceptors (Lipinski definition) is 3. The minimum absolute atomic E-state index is 0.137. The Hall–Kier alpha value is -2.74. The van der Waals surface area contributed by atoms with Crippen LogP contribution in [0.2, 0.25) is 0 Å². The van der Waals surface area contributed by atoms with Crippen molar-refractivity contribution in [2.45, 2.75) is 0 Å². The second kappa shape index (κ2) is 4.63. The molecule has 0 aliphatic heterocycles. The fourth-order valence-electron chi connectivity index (χ4n) is 1.54. The van der Waals surface area contributed by atoms with Gasteiger partial charge >= 0.3 is 0 Å². The fourth-order valence-corrected chi connectivity index (χ4v) is 1.54. The lowest BCUT2D eigenvalue weighted by Gasteiger charge is -2.05. The van der Waals surface area contributed by atoms with E-state index >= 15 is 0 Å². The highest BCUT2D eigenvalue weighted by molar-refractivity contribution is 5.91. The first-order valence-corrected chi connectivity index (χ1v) is 5.16. The van der Waals surface area contributed by atoms with E-state index < -0.39 is 5.91 Å². The molecule has 5 heteroatoms. The maximum atomic E-state index is 11.1. The zero-order chi connectivity index (χ0) is 13.1. The molecule has 0 saturated heterocycles. The van der Waals surface area contributed by atoms with Gasteiger partial charge in [0.2, 0.25) is 5.88 Å². The number of primary amides is 1. The second-order valence-corrected chi connectivity index (χ2v) is 3.54. The van der Waals surface area contributed by atoms with Crippen LogP contribution in [0.3, 0.4) is 0 Å². The normalized spacial score (nSPS) is 9.78. The highest BCUT2D eigenvalue weighted by Crippen LogP contribution is 2.19. The van der Waals surface area contributed by atoms with Gasteiger partial charge in [-0.05, 0) is 18.2 Å². The molecular weight excluding hydrogens is 230 g/mol. The topological polar surface area (TPSA) is 70.1 Å². The summed E-state index contributed by atoms with van der Waals surface area (Å²) in [4.78, 5) is 11.1. The van der Waals surface area contributed by atoms with Crippen molar-refractivity contribution in [3.63, 3.8) is 0 Å². The number of hydrogen-bond donors (Lipinski definition) is 1. The van der Waals surface area contributed by atoms with E-state index in [0.717, 1.165) is 0 Å². The summed E-state index contributed by atoms with van der Waals surface area (Å²) >= 11 is 0. The molecule has 1 amide bonds. The fraction of sp³-hybridized carbons (Fsp3) is 0.0769. The molecule has 2 rings (SSSR count). The lowest BCUT2D eigenvalue weighted by molar-refractivity contribution is 0.0995. The third kappa shape index (κ3) is 2.04. The zero-order valence-corrected chi connectivity index (χ0v) is 9.75. The van der Waals surface area contributed by atoms with Gasteiger partial charge in [0.05, 0.1) is 12.8 Å². The Labute approximate surface area is 104 Å². The van der Waals surface area contributed by atoms with Crippen molar-refractivity contribution in [2.75, 3.05) is 7.11 Å². The van der Waals surface area contributed by atoms with E-state index in [1.165, 1.54) is 17.9 Å². The number of ether oxygens (including phenoxy) is 1. The lowest BCUT2D eigenvalue weighted by Crippen LogP contribution is -2.12. The Bertz CT molecular complexity index is 638. The molecule has 0 aliphatic rings. The third-order valence-electron chi connectivity index (χ3n) is 2.40. The average Bonchev–Trinajstić information content (AvgIpc) is 2.83.